The fraction of sp³-hybridized carbons (Fsp3) is 0.727. The molecule has 0 aromatic carbocycles. The number of sulfonamides is 1. The number of aromatic nitrogens is 2. The average Bonchev–Trinajstić information content (AvgIpc) is 2.91. The summed E-state index contributed by atoms with van der Waals surface area (Å²) in [6.07, 6.45) is 0.499. The van der Waals surface area contributed by atoms with Gasteiger partial charge in [-0.2, -0.15) is 5.10 Å². The number of nitrogens with zero attached hydrogens (tertiary/aromatic N) is 1. The number of nitrogens with one attached hydrogen (secondary N) is 3. The summed E-state index contributed by atoms with van der Waals surface area (Å²) in [6.45, 7) is 2.10. The van der Waals surface area contributed by atoms with E-state index in [1.54, 1.807) is 14.0 Å². The molecule has 1 aliphatic rings. The van der Waals surface area contributed by atoms with Crippen molar-refractivity contribution in [3.8, 4) is 0 Å². The Kier molecular flexibility index (Phi) is 4.71. The highest BCUT2D eigenvalue weighted by Gasteiger charge is 2.30. The molecule has 1 fully saturated rings. The van der Waals surface area contributed by atoms with Crippen molar-refractivity contribution >= 4 is 19.9 Å². The van der Waals surface area contributed by atoms with Gasteiger partial charge in [-0.15, -0.1) is 0 Å². The third kappa shape index (κ3) is 3.82. The molecule has 120 valence electrons. The van der Waals surface area contributed by atoms with Crippen molar-refractivity contribution in [2.75, 3.05) is 25.1 Å². The van der Waals surface area contributed by atoms with Crippen LogP contribution >= 0.6 is 0 Å². The lowest BCUT2D eigenvalue weighted by molar-refractivity contribution is 0.542. The van der Waals surface area contributed by atoms with Crippen molar-refractivity contribution in [3.63, 3.8) is 0 Å². The fourth-order valence-corrected chi connectivity index (χ4v) is 5.78. The molecule has 1 unspecified atom stereocenters. The maximum absolute atomic E-state index is 12.4. The lowest BCUT2D eigenvalue weighted by Crippen LogP contribution is -2.31. The van der Waals surface area contributed by atoms with Gasteiger partial charge in [-0.05, 0) is 26.3 Å². The Hall–Kier alpha value is -0.970. The quantitative estimate of drug-likeness (QED) is 0.622. The van der Waals surface area contributed by atoms with E-state index in [0.29, 0.717) is 24.4 Å². The van der Waals surface area contributed by atoms with Crippen LogP contribution in [0, 0.1) is 12.8 Å². The van der Waals surface area contributed by atoms with Gasteiger partial charge < -0.3 is 5.32 Å². The second-order valence-corrected chi connectivity index (χ2v) is 9.21. The zero-order valence-electron chi connectivity index (χ0n) is 12.0. The number of sulfone groups is 1. The second-order valence-electron chi connectivity index (χ2n) is 5.28. The van der Waals surface area contributed by atoms with Gasteiger partial charge in [0.05, 0.1) is 22.9 Å². The van der Waals surface area contributed by atoms with Crippen molar-refractivity contribution in [1.82, 2.24) is 20.2 Å². The maximum atomic E-state index is 12.4. The highest BCUT2D eigenvalue weighted by molar-refractivity contribution is 7.91. The number of hydrogen-bond donors (Lipinski definition) is 3. The van der Waals surface area contributed by atoms with E-state index in [9.17, 15) is 16.8 Å². The van der Waals surface area contributed by atoms with Gasteiger partial charge in [-0.25, -0.2) is 21.6 Å². The standard InChI is InChI=1S/C11H20N4O4S2/c1-8-11(10(6-12-2)15-14-8)21(18,19)13-5-9-3-4-20(16,17)7-9/h9,12-13H,3-7H2,1-2H3,(H,14,15). The molecule has 1 aliphatic heterocycles. The van der Waals surface area contributed by atoms with Crippen LogP contribution in [0.15, 0.2) is 4.90 Å². The van der Waals surface area contributed by atoms with Gasteiger partial charge in [-0.1, -0.05) is 0 Å². The number of H-pyrrole nitrogens is 1. The van der Waals surface area contributed by atoms with Crippen molar-refractivity contribution in [2.24, 2.45) is 5.92 Å². The summed E-state index contributed by atoms with van der Waals surface area (Å²) < 4.78 is 50.0. The first-order chi connectivity index (χ1) is 9.75. The van der Waals surface area contributed by atoms with E-state index in [0.717, 1.165) is 0 Å². The first-order valence-electron chi connectivity index (χ1n) is 6.63. The molecule has 1 atom stereocenters. The monoisotopic (exact) mass is 336 g/mol. The Labute approximate surface area is 124 Å². The van der Waals surface area contributed by atoms with Crippen molar-refractivity contribution in [3.05, 3.63) is 11.4 Å². The average molecular weight is 336 g/mol. The topological polar surface area (TPSA) is 121 Å². The molecule has 21 heavy (non-hydrogen) atoms. The molecule has 0 spiro atoms. The minimum absolute atomic E-state index is 0.0449. The minimum Gasteiger partial charge on any atom is -0.314 e. The van der Waals surface area contributed by atoms with Gasteiger partial charge in [0.15, 0.2) is 9.84 Å². The van der Waals surface area contributed by atoms with Gasteiger partial charge >= 0.3 is 0 Å². The molecular formula is C11H20N4O4S2. The lowest BCUT2D eigenvalue weighted by atomic mass is 10.1. The Morgan fingerprint density at radius 3 is 2.71 bits per heavy atom. The van der Waals surface area contributed by atoms with Crippen LogP contribution in [0.25, 0.3) is 0 Å². The highest BCUT2D eigenvalue weighted by atomic mass is 32.2. The van der Waals surface area contributed by atoms with Crippen LogP contribution in [0.5, 0.6) is 0 Å². The van der Waals surface area contributed by atoms with Gasteiger partial charge in [0.25, 0.3) is 0 Å². The molecule has 1 aromatic heterocycles. The van der Waals surface area contributed by atoms with Crippen molar-refractivity contribution in [2.45, 2.75) is 24.8 Å². The van der Waals surface area contributed by atoms with E-state index in [1.807, 2.05) is 0 Å². The summed E-state index contributed by atoms with van der Waals surface area (Å²) >= 11 is 0. The molecule has 0 amide bonds. The molecule has 0 bridgehead atoms. The number of rotatable bonds is 6. The van der Waals surface area contributed by atoms with E-state index in [-0.39, 0.29) is 28.9 Å². The molecule has 8 nitrogen and oxygen atoms in total. The smallest absolute Gasteiger partial charge is 0.244 e. The van der Waals surface area contributed by atoms with Crippen LogP contribution in [0.1, 0.15) is 17.8 Å². The zero-order chi connectivity index (χ0) is 15.7. The molecule has 2 heterocycles. The van der Waals surface area contributed by atoms with E-state index >= 15 is 0 Å². The minimum atomic E-state index is -3.70. The first kappa shape index (κ1) is 16.4. The predicted molar refractivity (Wildman–Crippen MR) is 78.0 cm³/mol. The van der Waals surface area contributed by atoms with E-state index in [1.165, 1.54) is 0 Å². The molecule has 0 saturated carbocycles. The first-order valence-corrected chi connectivity index (χ1v) is 9.94. The molecule has 2 rings (SSSR count). The van der Waals surface area contributed by atoms with E-state index < -0.39 is 19.9 Å². The second kappa shape index (κ2) is 6.03. The number of aromatic amines is 1. The SMILES string of the molecule is CNCc1n[nH]c(C)c1S(=O)(=O)NCC1CCS(=O)(=O)C1. The summed E-state index contributed by atoms with van der Waals surface area (Å²) in [6, 6.07) is 0. The van der Waals surface area contributed by atoms with Crippen LogP contribution in [-0.2, 0) is 26.4 Å². The number of hydrogen-bond acceptors (Lipinski definition) is 6. The zero-order valence-corrected chi connectivity index (χ0v) is 13.6. The molecule has 1 aromatic rings. The molecular weight excluding hydrogens is 316 g/mol. The molecule has 0 aliphatic carbocycles. The molecule has 0 radical (unpaired) electrons. The van der Waals surface area contributed by atoms with Crippen LogP contribution in [0.4, 0.5) is 0 Å². The Morgan fingerprint density at radius 1 is 1.43 bits per heavy atom. The summed E-state index contributed by atoms with van der Waals surface area (Å²) in [5, 5.41) is 9.50. The highest BCUT2D eigenvalue weighted by Crippen LogP contribution is 2.20. The normalized spacial score (nSPS) is 21.7. The molecule has 3 N–H and O–H groups in total. The molecule has 10 heteroatoms. The Balaban J connectivity index is 2.11. The largest absolute Gasteiger partial charge is 0.314 e. The summed E-state index contributed by atoms with van der Waals surface area (Å²) in [5.74, 6) is 0.0167. The van der Waals surface area contributed by atoms with Crippen LogP contribution in [0.2, 0.25) is 0 Å². The van der Waals surface area contributed by atoms with E-state index in [4.69, 9.17) is 0 Å². The van der Waals surface area contributed by atoms with Gasteiger partial charge in [0.1, 0.15) is 4.90 Å². The third-order valence-electron chi connectivity index (χ3n) is 3.46. The summed E-state index contributed by atoms with van der Waals surface area (Å²) in [4.78, 5) is 0.137. The lowest BCUT2D eigenvalue weighted by Gasteiger charge is -2.11. The summed E-state index contributed by atoms with van der Waals surface area (Å²) in [7, 11) is -5.00. The van der Waals surface area contributed by atoms with Crippen molar-refractivity contribution < 1.29 is 16.8 Å². The summed E-state index contributed by atoms with van der Waals surface area (Å²) in [5.41, 5.74) is 0.883. The maximum Gasteiger partial charge on any atom is 0.244 e. The van der Waals surface area contributed by atoms with Crippen LogP contribution in [-0.4, -0.2) is 52.1 Å². The third-order valence-corrected chi connectivity index (χ3v) is 6.93. The van der Waals surface area contributed by atoms with Gasteiger partial charge in [-0.3, -0.25) is 5.10 Å². The van der Waals surface area contributed by atoms with Gasteiger partial charge in [0.2, 0.25) is 10.0 Å². The fourth-order valence-electron chi connectivity index (χ4n) is 2.45. The van der Waals surface area contributed by atoms with Gasteiger partial charge in [0, 0.05) is 13.1 Å². The predicted octanol–water partition coefficient (Wildman–Crippen LogP) is -0.849. The van der Waals surface area contributed by atoms with E-state index in [2.05, 4.69) is 20.2 Å². The van der Waals surface area contributed by atoms with Crippen LogP contribution < -0.4 is 10.0 Å². The Morgan fingerprint density at radius 2 is 2.14 bits per heavy atom. The van der Waals surface area contributed by atoms with Crippen LogP contribution in [0.3, 0.4) is 0 Å². The Bertz CT molecular complexity index is 709. The van der Waals surface area contributed by atoms with Crippen molar-refractivity contribution in [1.29, 1.82) is 0 Å². The molecule has 1 saturated heterocycles. The number of aryl methyl sites for hydroxylation is 1.